The molecule has 1 atom stereocenters. The maximum atomic E-state index is 10.6. The van der Waals surface area contributed by atoms with Gasteiger partial charge in [0.05, 0.1) is 13.0 Å². The molecule has 0 unspecified atom stereocenters. The van der Waals surface area contributed by atoms with E-state index in [-0.39, 0.29) is 6.42 Å². The number of nitrogens with zero attached hydrogens (tertiary/aromatic N) is 2. The highest BCUT2D eigenvalue weighted by atomic mass is 16.5. The summed E-state index contributed by atoms with van der Waals surface area (Å²) in [6.45, 7) is 2.55. The van der Waals surface area contributed by atoms with Crippen molar-refractivity contribution < 1.29 is 14.6 Å². The minimum atomic E-state index is -0.955. The van der Waals surface area contributed by atoms with Crippen LogP contribution < -0.4 is 15.8 Å². The van der Waals surface area contributed by atoms with Crippen molar-refractivity contribution in [3.63, 3.8) is 0 Å². The van der Waals surface area contributed by atoms with Crippen LogP contribution in [0.25, 0.3) is 0 Å². The van der Waals surface area contributed by atoms with Crippen LogP contribution in [0.4, 0.5) is 11.6 Å². The molecule has 2 rings (SSSR count). The van der Waals surface area contributed by atoms with E-state index in [1.165, 1.54) is 12.4 Å². The summed E-state index contributed by atoms with van der Waals surface area (Å²) in [6, 6.07) is 6.81. The van der Waals surface area contributed by atoms with Gasteiger partial charge in [-0.15, -0.1) is 0 Å². The SMILES string of the molecule is CCOc1ccc(Nc2ncc([C@@H](N)CC(=O)O)cn2)cc1. The van der Waals surface area contributed by atoms with Crippen LogP contribution in [0.3, 0.4) is 0 Å². The van der Waals surface area contributed by atoms with Crippen LogP contribution >= 0.6 is 0 Å². The first-order valence-corrected chi connectivity index (χ1v) is 6.87. The molecule has 1 heterocycles. The van der Waals surface area contributed by atoms with Crippen molar-refractivity contribution in [1.82, 2.24) is 9.97 Å². The Labute approximate surface area is 128 Å². The molecular formula is C15H18N4O3. The Morgan fingerprint density at radius 1 is 1.32 bits per heavy atom. The third-order valence-corrected chi connectivity index (χ3v) is 2.92. The number of rotatable bonds is 7. The van der Waals surface area contributed by atoms with Gasteiger partial charge in [0.15, 0.2) is 0 Å². The van der Waals surface area contributed by atoms with Crippen LogP contribution in [0, 0.1) is 0 Å². The Morgan fingerprint density at radius 2 is 1.95 bits per heavy atom. The zero-order valence-electron chi connectivity index (χ0n) is 12.2. The third-order valence-electron chi connectivity index (χ3n) is 2.92. The number of hydrogen-bond acceptors (Lipinski definition) is 6. The molecule has 0 spiro atoms. The van der Waals surface area contributed by atoms with E-state index < -0.39 is 12.0 Å². The molecule has 0 aliphatic carbocycles. The van der Waals surface area contributed by atoms with Crippen molar-refractivity contribution in [2.45, 2.75) is 19.4 Å². The van der Waals surface area contributed by atoms with Crippen LogP contribution in [-0.2, 0) is 4.79 Å². The molecule has 22 heavy (non-hydrogen) atoms. The van der Waals surface area contributed by atoms with Gasteiger partial charge in [0, 0.05) is 29.7 Å². The van der Waals surface area contributed by atoms with Gasteiger partial charge in [-0.25, -0.2) is 9.97 Å². The second kappa shape index (κ2) is 7.37. The molecule has 0 saturated carbocycles. The number of carboxylic acids is 1. The quantitative estimate of drug-likeness (QED) is 0.718. The number of anilines is 2. The van der Waals surface area contributed by atoms with E-state index in [0.717, 1.165) is 11.4 Å². The smallest absolute Gasteiger partial charge is 0.305 e. The molecule has 0 aliphatic rings. The van der Waals surface area contributed by atoms with E-state index in [4.69, 9.17) is 15.6 Å². The van der Waals surface area contributed by atoms with E-state index in [9.17, 15) is 4.79 Å². The van der Waals surface area contributed by atoms with Gasteiger partial charge >= 0.3 is 5.97 Å². The lowest BCUT2D eigenvalue weighted by atomic mass is 10.1. The van der Waals surface area contributed by atoms with Gasteiger partial charge in [-0.1, -0.05) is 0 Å². The molecule has 2 aromatic rings. The molecule has 1 aromatic carbocycles. The normalized spacial score (nSPS) is 11.7. The van der Waals surface area contributed by atoms with Gasteiger partial charge < -0.3 is 20.9 Å². The average molecular weight is 302 g/mol. The predicted molar refractivity (Wildman–Crippen MR) is 82.1 cm³/mol. The average Bonchev–Trinajstić information content (AvgIpc) is 2.49. The van der Waals surface area contributed by atoms with Crippen LogP contribution in [0.1, 0.15) is 24.9 Å². The molecular weight excluding hydrogens is 284 g/mol. The van der Waals surface area contributed by atoms with Crippen molar-refractivity contribution in [3.8, 4) is 5.75 Å². The zero-order valence-corrected chi connectivity index (χ0v) is 12.2. The van der Waals surface area contributed by atoms with Crippen molar-refractivity contribution >= 4 is 17.6 Å². The molecule has 0 amide bonds. The highest BCUT2D eigenvalue weighted by Gasteiger charge is 2.11. The number of carbonyl (C=O) groups is 1. The van der Waals surface area contributed by atoms with Crippen molar-refractivity contribution in [1.29, 1.82) is 0 Å². The lowest BCUT2D eigenvalue weighted by Crippen LogP contribution is -2.15. The van der Waals surface area contributed by atoms with Gasteiger partial charge in [-0.3, -0.25) is 4.79 Å². The van der Waals surface area contributed by atoms with E-state index >= 15 is 0 Å². The third kappa shape index (κ3) is 4.42. The number of carboxylic acid groups (broad SMARTS) is 1. The fourth-order valence-electron chi connectivity index (χ4n) is 1.83. The molecule has 0 radical (unpaired) electrons. The second-order valence-corrected chi connectivity index (χ2v) is 4.63. The molecule has 7 nitrogen and oxygen atoms in total. The first-order chi connectivity index (χ1) is 10.6. The second-order valence-electron chi connectivity index (χ2n) is 4.63. The Balaban J connectivity index is 2.00. The number of aliphatic carboxylic acids is 1. The first kappa shape index (κ1) is 15.7. The summed E-state index contributed by atoms with van der Waals surface area (Å²) in [5, 5.41) is 11.8. The summed E-state index contributed by atoms with van der Waals surface area (Å²) in [4.78, 5) is 18.9. The zero-order chi connectivity index (χ0) is 15.9. The molecule has 0 aliphatic heterocycles. The van der Waals surface area contributed by atoms with Crippen LogP contribution in [0.5, 0.6) is 5.75 Å². The van der Waals surface area contributed by atoms with E-state index in [0.29, 0.717) is 18.1 Å². The number of ether oxygens (including phenoxy) is 1. The molecule has 7 heteroatoms. The summed E-state index contributed by atoms with van der Waals surface area (Å²) in [5.41, 5.74) is 7.16. The summed E-state index contributed by atoms with van der Waals surface area (Å²) in [6.07, 6.45) is 2.89. The number of nitrogens with one attached hydrogen (secondary N) is 1. The maximum Gasteiger partial charge on any atom is 0.305 e. The van der Waals surface area contributed by atoms with Crippen LogP contribution in [0.15, 0.2) is 36.7 Å². The minimum absolute atomic E-state index is 0.158. The number of hydrogen-bond donors (Lipinski definition) is 3. The molecule has 0 fully saturated rings. The molecule has 4 N–H and O–H groups in total. The Bertz CT molecular complexity index is 614. The number of benzene rings is 1. The number of aromatic nitrogens is 2. The Morgan fingerprint density at radius 3 is 2.50 bits per heavy atom. The Kier molecular flexibility index (Phi) is 5.26. The van der Waals surface area contributed by atoms with E-state index in [2.05, 4.69) is 15.3 Å². The summed E-state index contributed by atoms with van der Waals surface area (Å²) in [5.74, 6) is 0.253. The first-order valence-electron chi connectivity index (χ1n) is 6.87. The topological polar surface area (TPSA) is 110 Å². The van der Waals surface area contributed by atoms with Gasteiger partial charge in [0.1, 0.15) is 5.75 Å². The van der Waals surface area contributed by atoms with Gasteiger partial charge in [-0.2, -0.15) is 0 Å². The highest BCUT2D eigenvalue weighted by molar-refractivity contribution is 5.67. The van der Waals surface area contributed by atoms with Crippen LogP contribution in [-0.4, -0.2) is 27.7 Å². The monoisotopic (exact) mass is 302 g/mol. The summed E-state index contributed by atoms with van der Waals surface area (Å²) in [7, 11) is 0. The van der Waals surface area contributed by atoms with Gasteiger partial charge in [-0.05, 0) is 31.2 Å². The molecule has 0 saturated heterocycles. The van der Waals surface area contributed by atoms with Gasteiger partial charge in [0.2, 0.25) is 5.95 Å². The highest BCUT2D eigenvalue weighted by Crippen LogP contribution is 2.19. The predicted octanol–water partition coefficient (Wildman–Crippen LogP) is 2.09. The number of nitrogens with two attached hydrogens (primary N) is 1. The Hall–Kier alpha value is -2.67. The van der Waals surface area contributed by atoms with E-state index in [1.807, 2.05) is 31.2 Å². The van der Waals surface area contributed by atoms with Crippen LogP contribution in [0.2, 0.25) is 0 Å². The molecule has 0 bridgehead atoms. The fourth-order valence-corrected chi connectivity index (χ4v) is 1.83. The lowest BCUT2D eigenvalue weighted by Gasteiger charge is -2.10. The molecule has 1 aromatic heterocycles. The van der Waals surface area contributed by atoms with E-state index in [1.54, 1.807) is 0 Å². The maximum absolute atomic E-state index is 10.6. The minimum Gasteiger partial charge on any atom is -0.494 e. The largest absolute Gasteiger partial charge is 0.494 e. The lowest BCUT2D eigenvalue weighted by molar-refractivity contribution is -0.137. The van der Waals surface area contributed by atoms with Gasteiger partial charge in [0.25, 0.3) is 0 Å². The van der Waals surface area contributed by atoms with Crippen molar-refractivity contribution in [2.75, 3.05) is 11.9 Å². The van der Waals surface area contributed by atoms with Crippen molar-refractivity contribution in [3.05, 3.63) is 42.2 Å². The molecule has 116 valence electrons. The standard InChI is InChI=1S/C15H18N4O3/c1-2-22-12-5-3-11(4-6-12)19-15-17-8-10(9-18-15)13(16)7-14(20)21/h3-6,8-9,13H,2,7,16H2,1H3,(H,20,21)(H,17,18,19)/t13-/m0/s1. The van der Waals surface area contributed by atoms with Crippen molar-refractivity contribution in [2.24, 2.45) is 5.73 Å². The summed E-state index contributed by atoms with van der Waals surface area (Å²) < 4.78 is 5.36. The fraction of sp³-hybridized carbons (Fsp3) is 0.267. The summed E-state index contributed by atoms with van der Waals surface area (Å²) >= 11 is 0.